The molecule has 114 valence electrons. The van der Waals surface area contributed by atoms with Crippen LogP contribution in [-0.4, -0.2) is 5.11 Å². The van der Waals surface area contributed by atoms with Gasteiger partial charge in [0.05, 0.1) is 6.04 Å². The summed E-state index contributed by atoms with van der Waals surface area (Å²) in [4.78, 5) is 0. The van der Waals surface area contributed by atoms with Crippen molar-refractivity contribution in [3.05, 3.63) is 64.2 Å². The monoisotopic (exact) mass is 330 g/mol. The zero-order valence-electron chi connectivity index (χ0n) is 12.5. The normalized spacial score (nSPS) is 16.7. The standard InChI is InChI=1S/C18H19ClN2S/c1-12-9-10-14(19)11-17(12)21-18(22)20-16-8-4-6-13-5-2-3-7-15(13)16/h2-3,5,7,9-11,16H,4,6,8H2,1H3,(H2,20,21,22). The largest absolute Gasteiger partial charge is 0.356 e. The fourth-order valence-electron chi connectivity index (χ4n) is 2.95. The first kappa shape index (κ1) is 15.3. The molecule has 0 heterocycles. The van der Waals surface area contributed by atoms with Crippen LogP contribution >= 0.6 is 23.8 Å². The molecule has 1 aliphatic rings. The number of rotatable bonds is 2. The number of fused-ring (bicyclic) bond motifs is 1. The second-order valence-corrected chi connectivity index (χ2v) is 6.55. The van der Waals surface area contributed by atoms with Gasteiger partial charge in [-0.2, -0.15) is 0 Å². The van der Waals surface area contributed by atoms with Crippen molar-refractivity contribution in [3.63, 3.8) is 0 Å². The Kier molecular flexibility index (Phi) is 4.65. The molecule has 0 saturated heterocycles. The topological polar surface area (TPSA) is 24.1 Å². The molecular formula is C18H19ClN2S. The van der Waals surface area contributed by atoms with Gasteiger partial charge >= 0.3 is 0 Å². The quantitative estimate of drug-likeness (QED) is 0.757. The molecule has 2 aromatic rings. The van der Waals surface area contributed by atoms with Gasteiger partial charge in [0.1, 0.15) is 0 Å². The Labute approximate surface area is 141 Å². The van der Waals surface area contributed by atoms with Crippen LogP contribution in [0.3, 0.4) is 0 Å². The predicted molar refractivity (Wildman–Crippen MR) is 97.7 cm³/mol. The van der Waals surface area contributed by atoms with Gasteiger partial charge in [0.15, 0.2) is 5.11 Å². The van der Waals surface area contributed by atoms with E-state index in [9.17, 15) is 0 Å². The summed E-state index contributed by atoms with van der Waals surface area (Å²) in [6.45, 7) is 2.04. The third-order valence-corrected chi connectivity index (χ3v) is 4.58. The molecule has 2 N–H and O–H groups in total. The lowest BCUT2D eigenvalue weighted by molar-refractivity contribution is 0.529. The van der Waals surface area contributed by atoms with Gasteiger partial charge in [-0.15, -0.1) is 0 Å². The number of hydrogen-bond donors (Lipinski definition) is 2. The summed E-state index contributed by atoms with van der Waals surface area (Å²) in [6, 6.07) is 14.7. The number of aryl methyl sites for hydroxylation is 2. The van der Waals surface area contributed by atoms with Crippen molar-refractivity contribution in [2.75, 3.05) is 5.32 Å². The molecule has 4 heteroatoms. The Morgan fingerprint density at radius 2 is 2.05 bits per heavy atom. The summed E-state index contributed by atoms with van der Waals surface area (Å²) in [5.74, 6) is 0. The lowest BCUT2D eigenvalue weighted by Gasteiger charge is -2.27. The smallest absolute Gasteiger partial charge is 0.171 e. The highest BCUT2D eigenvalue weighted by Crippen LogP contribution is 2.29. The van der Waals surface area contributed by atoms with Crippen LogP contribution in [0.1, 0.15) is 35.6 Å². The Balaban J connectivity index is 1.72. The molecule has 0 amide bonds. The minimum Gasteiger partial charge on any atom is -0.356 e. The molecule has 1 unspecified atom stereocenters. The highest BCUT2D eigenvalue weighted by molar-refractivity contribution is 7.80. The van der Waals surface area contributed by atoms with Crippen LogP contribution in [0.5, 0.6) is 0 Å². The van der Waals surface area contributed by atoms with E-state index in [4.69, 9.17) is 23.8 Å². The highest BCUT2D eigenvalue weighted by Gasteiger charge is 2.20. The number of anilines is 1. The van der Waals surface area contributed by atoms with Gasteiger partial charge in [-0.1, -0.05) is 41.9 Å². The molecule has 1 aliphatic carbocycles. The molecule has 0 radical (unpaired) electrons. The molecule has 0 aromatic heterocycles. The van der Waals surface area contributed by atoms with Crippen molar-refractivity contribution in [3.8, 4) is 0 Å². The zero-order chi connectivity index (χ0) is 15.5. The SMILES string of the molecule is Cc1ccc(Cl)cc1NC(=S)NC1CCCc2ccccc21. The van der Waals surface area contributed by atoms with Crippen molar-refractivity contribution in [1.82, 2.24) is 5.32 Å². The fourth-order valence-corrected chi connectivity index (χ4v) is 3.37. The molecule has 2 nitrogen and oxygen atoms in total. The number of nitrogens with one attached hydrogen (secondary N) is 2. The van der Waals surface area contributed by atoms with E-state index in [-0.39, 0.29) is 6.04 Å². The van der Waals surface area contributed by atoms with Gasteiger partial charge in [-0.25, -0.2) is 0 Å². The maximum atomic E-state index is 6.06. The molecule has 1 atom stereocenters. The third kappa shape index (κ3) is 3.42. The van der Waals surface area contributed by atoms with Gasteiger partial charge in [0, 0.05) is 10.7 Å². The van der Waals surface area contributed by atoms with Crippen LogP contribution in [0, 0.1) is 6.92 Å². The third-order valence-electron chi connectivity index (χ3n) is 4.12. The first-order valence-corrected chi connectivity index (χ1v) is 8.33. The second-order valence-electron chi connectivity index (χ2n) is 5.70. The molecule has 0 spiro atoms. The Hall–Kier alpha value is -1.58. The van der Waals surface area contributed by atoms with Gasteiger partial charge in [0.25, 0.3) is 0 Å². The average molecular weight is 331 g/mol. The summed E-state index contributed by atoms with van der Waals surface area (Å²) >= 11 is 11.5. The van der Waals surface area contributed by atoms with Gasteiger partial charge in [-0.05, 0) is 67.2 Å². The van der Waals surface area contributed by atoms with Crippen LogP contribution in [0.2, 0.25) is 5.02 Å². The van der Waals surface area contributed by atoms with E-state index in [0.717, 1.165) is 24.1 Å². The highest BCUT2D eigenvalue weighted by atomic mass is 35.5. The zero-order valence-corrected chi connectivity index (χ0v) is 14.1. The van der Waals surface area contributed by atoms with E-state index in [0.29, 0.717) is 10.1 Å². The van der Waals surface area contributed by atoms with E-state index >= 15 is 0 Å². The summed E-state index contributed by atoms with van der Waals surface area (Å²) in [5, 5.41) is 8.07. The Bertz CT molecular complexity index is 699. The van der Waals surface area contributed by atoms with E-state index in [1.54, 1.807) is 0 Å². The number of thiocarbonyl (C=S) groups is 1. The van der Waals surface area contributed by atoms with Crippen molar-refractivity contribution >= 4 is 34.6 Å². The first-order valence-electron chi connectivity index (χ1n) is 7.55. The summed E-state index contributed by atoms with van der Waals surface area (Å²) < 4.78 is 0. The van der Waals surface area contributed by atoms with E-state index in [1.807, 2.05) is 25.1 Å². The molecule has 0 aliphatic heterocycles. The minimum atomic E-state index is 0.282. The van der Waals surface area contributed by atoms with Gasteiger partial charge in [0.2, 0.25) is 0 Å². The van der Waals surface area contributed by atoms with E-state index in [2.05, 4.69) is 34.9 Å². The van der Waals surface area contributed by atoms with Crippen LogP contribution in [0.4, 0.5) is 5.69 Å². The van der Waals surface area contributed by atoms with E-state index in [1.165, 1.54) is 17.5 Å². The second kappa shape index (κ2) is 6.67. The number of halogens is 1. The van der Waals surface area contributed by atoms with Gasteiger partial charge in [-0.3, -0.25) is 0 Å². The molecule has 0 bridgehead atoms. The first-order chi connectivity index (χ1) is 10.6. The lowest BCUT2D eigenvalue weighted by atomic mass is 9.88. The van der Waals surface area contributed by atoms with Crippen molar-refractivity contribution in [2.24, 2.45) is 0 Å². The van der Waals surface area contributed by atoms with Crippen molar-refractivity contribution in [1.29, 1.82) is 0 Å². The molecular weight excluding hydrogens is 312 g/mol. The average Bonchev–Trinajstić information content (AvgIpc) is 2.51. The number of hydrogen-bond acceptors (Lipinski definition) is 1. The molecule has 2 aromatic carbocycles. The molecule has 0 fully saturated rings. The minimum absolute atomic E-state index is 0.282. The fraction of sp³-hybridized carbons (Fsp3) is 0.278. The lowest BCUT2D eigenvalue weighted by Crippen LogP contribution is -2.34. The maximum absolute atomic E-state index is 6.06. The molecule has 22 heavy (non-hydrogen) atoms. The van der Waals surface area contributed by atoms with E-state index < -0.39 is 0 Å². The summed E-state index contributed by atoms with van der Waals surface area (Å²) in [5.41, 5.74) is 4.86. The maximum Gasteiger partial charge on any atom is 0.171 e. The van der Waals surface area contributed by atoms with Crippen LogP contribution in [-0.2, 0) is 6.42 Å². The molecule has 3 rings (SSSR count). The Morgan fingerprint density at radius 1 is 1.23 bits per heavy atom. The Morgan fingerprint density at radius 3 is 2.91 bits per heavy atom. The van der Waals surface area contributed by atoms with Gasteiger partial charge < -0.3 is 10.6 Å². The molecule has 0 saturated carbocycles. The predicted octanol–water partition coefficient (Wildman–Crippen LogP) is 5.01. The van der Waals surface area contributed by atoms with Crippen molar-refractivity contribution < 1.29 is 0 Å². The summed E-state index contributed by atoms with van der Waals surface area (Å²) in [6.07, 6.45) is 3.45. The van der Waals surface area contributed by atoms with Crippen LogP contribution < -0.4 is 10.6 Å². The van der Waals surface area contributed by atoms with Crippen molar-refractivity contribution in [2.45, 2.75) is 32.2 Å². The summed E-state index contributed by atoms with van der Waals surface area (Å²) in [7, 11) is 0. The van der Waals surface area contributed by atoms with Crippen LogP contribution in [0.25, 0.3) is 0 Å². The van der Waals surface area contributed by atoms with Crippen LogP contribution in [0.15, 0.2) is 42.5 Å². The number of benzene rings is 2.